The smallest absolute Gasteiger partial charge is 0.394 e. The van der Waals surface area contributed by atoms with Gasteiger partial charge >= 0.3 is 5.82 Å². The first-order valence-corrected chi connectivity index (χ1v) is 4.90. The van der Waals surface area contributed by atoms with E-state index in [-0.39, 0.29) is 5.22 Å². The standard InChI is InChI=1S/C9H13ClO3/c1-2-3-4-5-6-7-8(10)13-9(11)12-7/h2-6H2,1H3. The molecule has 0 saturated heterocycles. The second-order valence-corrected chi connectivity index (χ2v) is 3.30. The molecule has 13 heavy (non-hydrogen) atoms. The van der Waals surface area contributed by atoms with Crippen molar-refractivity contribution in [2.75, 3.05) is 0 Å². The summed E-state index contributed by atoms with van der Waals surface area (Å²) >= 11 is 5.60. The molecule has 0 atom stereocenters. The van der Waals surface area contributed by atoms with Gasteiger partial charge in [-0.05, 0) is 18.0 Å². The fourth-order valence-electron chi connectivity index (χ4n) is 1.15. The Bertz CT molecular complexity index is 300. The highest BCUT2D eigenvalue weighted by atomic mass is 35.5. The predicted molar refractivity (Wildman–Crippen MR) is 50.1 cm³/mol. The van der Waals surface area contributed by atoms with Crippen molar-refractivity contribution in [2.24, 2.45) is 0 Å². The number of aryl methyl sites for hydroxylation is 1. The van der Waals surface area contributed by atoms with E-state index >= 15 is 0 Å². The fourth-order valence-corrected chi connectivity index (χ4v) is 1.35. The third-order valence-corrected chi connectivity index (χ3v) is 2.14. The average Bonchev–Trinajstić information content (AvgIpc) is 2.39. The molecule has 0 fully saturated rings. The number of rotatable bonds is 5. The molecule has 0 bridgehead atoms. The molecule has 1 heterocycles. The van der Waals surface area contributed by atoms with Gasteiger partial charge in [0.25, 0.3) is 0 Å². The third kappa shape index (κ3) is 3.27. The highest BCUT2D eigenvalue weighted by Gasteiger charge is 2.08. The molecule has 74 valence electrons. The second kappa shape index (κ2) is 5.12. The molecule has 0 unspecified atom stereocenters. The summed E-state index contributed by atoms with van der Waals surface area (Å²) in [5, 5.41) is 0.0986. The number of halogens is 1. The highest BCUT2D eigenvalue weighted by Crippen LogP contribution is 2.16. The molecular formula is C9H13ClO3. The van der Waals surface area contributed by atoms with Crippen LogP contribution in [0.5, 0.6) is 0 Å². The fraction of sp³-hybridized carbons (Fsp3) is 0.667. The van der Waals surface area contributed by atoms with E-state index < -0.39 is 5.82 Å². The molecule has 0 aliphatic rings. The average molecular weight is 205 g/mol. The van der Waals surface area contributed by atoms with Gasteiger partial charge in [0.15, 0.2) is 5.76 Å². The monoisotopic (exact) mass is 204 g/mol. The van der Waals surface area contributed by atoms with E-state index in [0.29, 0.717) is 12.2 Å². The molecule has 0 aromatic carbocycles. The third-order valence-electron chi connectivity index (χ3n) is 1.86. The molecule has 1 aromatic heterocycles. The van der Waals surface area contributed by atoms with Gasteiger partial charge < -0.3 is 8.83 Å². The van der Waals surface area contributed by atoms with E-state index in [1.165, 1.54) is 12.8 Å². The van der Waals surface area contributed by atoms with Gasteiger partial charge in [0.1, 0.15) is 0 Å². The maximum atomic E-state index is 10.6. The molecule has 0 aliphatic heterocycles. The van der Waals surface area contributed by atoms with Crippen molar-refractivity contribution >= 4 is 11.6 Å². The minimum atomic E-state index is -0.713. The Morgan fingerprint density at radius 3 is 2.54 bits per heavy atom. The second-order valence-electron chi connectivity index (χ2n) is 2.96. The summed E-state index contributed by atoms with van der Waals surface area (Å²) in [4.78, 5) is 10.6. The van der Waals surface area contributed by atoms with Crippen molar-refractivity contribution in [2.45, 2.75) is 39.0 Å². The van der Waals surface area contributed by atoms with E-state index in [1.807, 2.05) is 0 Å². The van der Waals surface area contributed by atoms with Gasteiger partial charge in [-0.25, -0.2) is 4.79 Å². The largest absolute Gasteiger partial charge is 0.520 e. The molecule has 3 nitrogen and oxygen atoms in total. The van der Waals surface area contributed by atoms with Crippen molar-refractivity contribution in [1.29, 1.82) is 0 Å². The molecule has 1 rings (SSSR count). The van der Waals surface area contributed by atoms with E-state index in [2.05, 4.69) is 11.3 Å². The lowest BCUT2D eigenvalue weighted by molar-refractivity contribution is 0.372. The van der Waals surface area contributed by atoms with Crippen LogP contribution in [-0.2, 0) is 6.42 Å². The van der Waals surface area contributed by atoms with Crippen LogP contribution in [-0.4, -0.2) is 0 Å². The lowest BCUT2D eigenvalue weighted by Gasteiger charge is -1.95. The van der Waals surface area contributed by atoms with Crippen LogP contribution in [0.15, 0.2) is 13.6 Å². The zero-order valence-corrected chi connectivity index (χ0v) is 8.39. The Hall–Kier alpha value is -0.700. The first-order chi connectivity index (χ1) is 6.24. The van der Waals surface area contributed by atoms with Gasteiger partial charge in [-0.15, -0.1) is 0 Å². The summed E-state index contributed by atoms with van der Waals surface area (Å²) in [7, 11) is 0. The van der Waals surface area contributed by atoms with Gasteiger partial charge in [-0.1, -0.05) is 26.2 Å². The van der Waals surface area contributed by atoms with Crippen LogP contribution >= 0.6 is 11.6 Å². The van der Waals surface area contributed by atoms with Crippen LogP contribution in [0.25, 0.3) is 0 Å². The van der Waals surface area contributed by atoms with Crippen LogP contribution in [0.3, 0.4) is 0 Å². The van der Waals surface area contributed by atoms with Gasteiger partial charge in [0, 0.05) is 6.42 Å². The molecular weight excluding hydrogens is 192 g/mol. The molecule has 0 N–H and O–H groups in total. The van der Waals surface area contributed by atoms with Crippen LogP contribution < -0.4 is 5.82 Å². The van der Waals surface area contributed by atoms with E-state index in [4.69, 9.17) is 16.0 Å². The maximum Gasteiger partial charge on any atom is 0.520 e. The Labute approximate surface area is 81.7 Å². The topological polar surface area (TPSA) is 43.4 Å². The molecule has 0 radical (unpaired) electrons. The zero-order valence-electron chi connectivity index (χ0n) is 7.64. The van der Waals surface area contributed by atoms with Crippen molar-refractivity contribution in [3.05, 3.63) is 21.6 Å². The van der Waals surface area contributed by atoms with Gasteiger partial charge in [0.05, 0.1) is 0 Å². The number of unbranched alkanes of at least 4 members (excludes halogenated alkanes) is 3. The van der Waals surface area contributed by atoms with Crippen molar-refractivity contribution in [3.8, 4) is 0 Å². The van der Waals surface area contributed by atoms with Crippen molar-refractivity contribution in [3.63, 3.8) is 0 Å². The van der Waals surface area contributed by atoms with Gasteiger partial charge in [-0.3, -0.25) is 0 Å². The normalized spacial score (nSPS) is 10.6. The molecule has 4 heteroatoms. The summed E-state index contributed by atoms with van der Waals surface area (Å²) in [6, 6.07) is 0. The summed E-state index contributed by atoms with van der Waals surface area (Å²) in [5.74, 6) is -0.238. The first-order valence-electron chi connectivity index (χ1n) is 4.52. The van der Waals surface area contributed by atoms with Crippen LogP contribution in [0.2, 0.25) is 5.22 Å². The summed E-state index contributed by atoms with van der Waals surface area (Å²) < 4.78 is 9.26. The van der Waals surface area contributed by atoms with E-state index in [1.54, 1.807) is 0 Å². The summed E-state index contributed by atoms with van der Waals surface area (Å²) in [6.45, 7) is 2.14. The quantitative estimate of drug-likeness (QED) is 0.693. The Morgan fingerprint density at radius 1 is 1.23 bits per heavy atom. The SMILES string of the molecule is CCCCCCc1oc(=O)oc1Cl. The molecule has 0 amide bonds. The van der Waals surface area contributed by atoms with Crippen LogP contribution in [0, 0.1) is 0 Å². The van der Waals surface area contributed by atoms with Crippen LogP contribution in [0.4, 0.5) is 0 Å². The molecule has 0 spiro atoms. The summed E-state index contributed by atoms with van der Waals surface area (Å²) in [6.07, 6.45) is 5.17. The lowest BCUT2D eigenvalue weighted by Crippen LogP contribution is -1.88. The predicted octanol–water partition coefficient (Wildman–Crippen LogP) is 3.01. The lowest BCUT2D eigenvalue weighted by atomic mass is 10.1. The molecule has 0 saturated carbocycles. The zero-order chi connectivity index (χ0) is 9.68. The molecule has 0 aliphatic carbocycles. The van der Waals surface area contributed by atoms with Gasteiger partial charge in [-0.2, -0.15) is 0 Å². The Morgan fingerprint density at radius 2 is 2.00 bits per heavy atom. The van der Waals surface area contributed by atoms with E-state index in [0.717, 1.165) is 12.8 Å². The van der Waals surface area contributed by atoms with E-state index in [9.17, 15) is 4.79 Å². The minimum Gasteiger partial charge on any atom is -0.394 e. The minimum absolute atomic E-state index is 0.0986. The molecule has 1 aromatic rings. The number of hydrogen-bond acceptors (Lipinski definition) is 3. The number of hydrogen-bond donors (Lipinski definition) is 0. The van der Waals surface area contributed by atoms with Gasteiger partial charge in [0.2, 0.25) is 5.22 Å². The van der Waals surface area contributed by atoms with Crippen molar-refractivity contribution < 1.29 is 8.83 Å². The van der Waals surface area contributed by atoms with Crippen LogP contribution in [0.1, 0.15) is 38.4 Å². The van der Waals surface area contributed by atoms with Crippen molar-refractivity contribution in [1.82, 2.24) is 0 Å². The summed E-state index contributed by atoms with van der Waals surface area (Å²) in [5.41, 5.74) is 0. The Balaban J connectivity index is 2.36. The Kier molecular flexibility index (Phi) is 4.09. The highest BCUT2D eigenvalue weighted by molar-refractivity contribution is 6.29. The maximum absolute atomic E-state index is 10.6. The first kappa shape index (κ1) is 10.4.